The zero-order chi connectivity index (χ0) is 20.7. The van der Waals surface area contributed by atoms with Crippen molar-refractivity contribution in [1.82, 2.24) is 14.4 Å². The van der Waals surface area contributed by atoms with Crippen molar-refractivity contribution >= 4 is 11.8 Å². The number of aryl methyl sites for hydroxylation is 2. The smallest absolute Gasteiger partial charge is 0.263 e. The SMILES string of the molecule is COCCn1c(C)cc(C)c(C(=O)N2C[C@H]3C[C@@H](C2)C2CCCC(=O)N2C3)c1=O. The van der Waals surface area contributed by atoms with E-state index in [1.54, 1.807) is 11.7 Å². The molecular formula is C22H31N3O4. The summed E-state index contributed by atoms with van der Waals surface area (Å²) in [6.07, 6.45) is 3.69. The molecule has 1 aromatic heterocycles. The predicted molar refractivity (Wildman–Crippen MR) is 109 cm³/mol. The number of aromatic nitrogens is 1. The van der Waals surface area contributed by atoms with E-state index in [9.17, 15) is 14.4 Å². The quantitative estimate of drug-likeness (QED) is 0.768. The standard InChI is InChI=1S/C22H31N3O4/c1-14-9-15(2)24(7-8-29-3)22(28)20(14)21(27)23-11-16-10-17(13-23)18-5-4-6-19(26)25(18)12-16/h9,16-18H,4-8,10-13H2,1-3H3/t16-,17+,18?/m1/s1. The van der Waals surface area contributed by atoms with E-state index in [-0.39, 0.29) is 29.0 Å². The molecular weight excluding hydrogens is 370 g/mol. The van der Waals surface area contributed by atoms with Gasteiger partial charge < -0.3 is 19.1 Å². The Morgan fingerprint density at radius 3 is 2.76 bits per heavy atom. The first-order valence-electron chi connectivity index (χ1n) is 10.7. The summed E-state index contributed by atoms with van der Waals surface area (Å²) < 4.78 is 6.76. The number of ether oxygens (including phenoxy) is 1. The molecule has 3 atom stereocenters. The highest BCUT2D eigenvalue weighted by Gasteiger charge is 2.45. The number of amides is 2. The number of carbonyl (C=O) groups excluding carboxylic acids is 2. The first-order valence-corrected chi connectivity index (χ1v) is 10.7. The second-order valence-corrected chi connectivity index (χ2v) is 8.87. The van der Waals surface area contributed by atoms with Gasteiger partial charge in [-0.2, -0.15) is 0 Å². The van der Waals surface area contributed by atoms with Crippen LogP contribution in [-0.4, -0.2) is 65.6 Å². The Balaban J connectivity index is 1.60. The van der Waals surface area contributed by atoms with E-state index >= 15 is 0 Å². The minimum Gasteiger partial charge on any atom is -0.383 e. The Kier molecular flexibility index (Phi) is 5.51. The van der Waals surface area contributed by atoms with E-state index in [1.165, 1.54) is 0 Å². The summed E-state index contributed by atoms with van der Waals surface area (Å²) in [6, 6.07) is 2.16. The second kappa shape index (κ2) is 7.94. The van der Waals surface area contributed by atoms with E-state index in [4.69, 9.17) is 4.74 Å². The third-order valence-corrected chi connectivity index (χ3v) is 6.90. The Morgan fingerprint density at radius 1 is 1.21 bits per heavy atom. The summed E-state index contributed by atoms with van der Waals surface area (Å²) in [6.45, 7) is 6.59. The van der Waals surface area contributed by atoms with E-state index in [2.05, 4.69) is 4.90 Å². The highest BCUT2D eigenvalue weighted by atomic mass is 16.5. The van der Waals surface area contributed by atoms with Crippen LogP contribution in [-0.2, 0) is 16.1 Å². The fourth-order valence-electron chi connectivity index (χ4n) is 5.58. The topological polar surface area (TPSA) is 71.8 Å². The molecule has 3 fully saturated rings. The van der Waals surface area contributed by atoms with Gasteiger partial charge >= 0.3 is 0 Å². The lowest BCUT2D eigenvalue weighted by Crippen LogP contribution is -2.61. The number of methoxy groups -OCH3 is 1. The monoisotopic (exact) mass is 401 g/mol. The summed E-state index contributed by atoms with van der Waals surface area (Å²) in [5.74, 6) is 0.727. The van der Waals surface area contributed by atoms with Crippen LogP contribution in [0.4, 0.5) is 0 Å². The van der Waals surface area contributed by atoms with Gasteiger partial charge in [-0.05, 0) is 56.6 Å². The number of nitrogens with zero attached hydrogens (tertiary/aromatic N) is 3. The van der Waals surface area contributed by atoms with Gasteiger partial charge in [-0.3, -0.25) is 14.4 Å². The Bertz CT molecular complexity index is 878. The third kappa shape index (κ3) is 3.61. The number of pyridine rings is 1. The van der Waals surface area contributed by atoms with Crippen LogP contribution in [0.3, 0.4) is 0 Å². The highest BCUT2D eigenvalue weighted by molar-refractivity contribution is 5.95. The summed E-state index contributed by atoms with van der Waals surface area (Å²) in [5, 5.41) is 0. The normalized spacial score (nSPS) is 26.4. The second-order valence-electron chi connectivity index (χ2n) is 8.87. The molecule has 1 unspecified atom stereocenters. The molecule has 0 aliphatic carbocycles. The molecule has 0 radical (unpaired) electrons. The molecule has 3 saturated heterocycles. The van der Waals surface area contributed by atoms with Gasteiger partial charge in [0.15, 0.2) is 0 Å². The first kappa shape index (κ1) is 20.1. The van der Waals surface area contributed by atoms with Crippen LogP contribution in [0.2, 0.25) is 0 Å². The highest BCUT2D eigenvalue weighted by Crippen LogP contribution is 2.38. The summed E-state index contributed by atoms with van der Waals surface area (Å²) >= 11 is 0. The molecule has 4 heterocycles. The van der Waals surface area contributed by atoms with Crippen LogP contribution >= 0.6 is 0 Å². The average Bonchev–Trinajstić information content (AvgIpc) is 2.68. The Hall–Kier alpha value is -2.15. The maximum Gasteiger partial charge on any atom is 0.263 e. The van der Waals surface area contributed by atoms with Crippen molar-refractivity contribution in [2.24, 2.45) is 11.8 Å². The molecule has 158 valence electrons. The van der Waals surface area contributed by atoms with Crippen molar-refractivity contribution in [2.45, 2.75) is 52.1 Å². The van der Waals surface area contributed by atoms with Gasteiger partial charge in [0.25, 0.3) is 11.5 Å². The molecule has 3 aliphatic rings. The fraction of sp³-hybridized carbons (Fsp3) is 0.682. The molecule has 1 aromatic rings. The van der Waals surface area contributed by atoms with Gasteiger partial charge in [-0.1, -0.05) is 0 Å². The number of likely N-dealkylation sites (tertiary alicyclic amines) is 1. The molecule has 7 nitrogen and oxygen atoms in total. The first-order chi connectivity index (χ1) is 13.9. The van der Waals surface area contributed by atoms with E-state index in [0.29, 0.717) is 44.5 Å². The van der Waals surface area contributed by atoms with Crippen LogP contribution in [0.5, 0.6) is 0 Å². The molecule has 0 aromatic carbocycles. The minimum atomic E-state index is -0.227. The molecule has 7 heteroatoms. The number of carbonyl (C=O) groups is 2. The van der Waals surface area contributed by atoms with Gasteiger partial charge in [0, 0.05) is 51.4 Å². The van der Waals surface area contributed by atoms with Gasteiger partial charge in [-0.15, -0.1) is 0 Å². The van der Waals surface area contributed by atoms with Crippen LogP contribution < -0.4 is 5.56 Å². The van der Waals surface area contributed by atoms with Crippen LogP contribution in [0.25, 0.3) is 0 Å². The maximum atomic E-state index is 13.4. The van der Waals surface area contributed by atoms with E-state index in [0.717, 1.165) is 37.1 Å². The summed E-state index contributed by atoms with van der Waals surface area (Å²) in [7, 11) is 1.60. The van der Waals surface area contributed by atoms with Crippen LogP contribution in [0.1, 0.15) is 47.3 Å². The van der Waals surface area contributed by atoms with Crippen molar-refractivity contribution in [3.63, 3.8) is 0 Å². The minimum absolute atomic E-state index is 0.163. The van der Waals surface area contributed by atoms with Gasteiger partial charge in [-0.25, -0.2) is 0 Å². The number of piperidine rings is 3. The number of hydrogen-bond acceptors (Lipinski definition) is 4. The van der Waals surface area contributed by atoms with Crippen molar-refractivity contribution in [1.29, 1.82) is 0 Å². The molecule has 0 saturated carbocycles. The molecule has 2 bridgehead atoms. The van der Waals surface area contributed by atoms with Crippen LogP contribution in [0.15, 0.2) is 10.9 Å². The van der Waals surface area contributed by atoms with E-state index < -0.39 is 0 Å². The average molecular weight is 402 g/mol. The van der Waals surface area contributed by atoms with Crippen LogP contribution in [0, 0.1) is 25.7 Å². The van der Waals surface area contributed by atoms with Crippen molar-refractivity contribution in [2.75, 3.05) is 33.4 Å². The summed E-state index contributed by atoms with van der Waals surface area (Å²) in [5.41, 5.74) is 1.63. The lowest BCUT2D eigenvalue weighted by atomic mass is 9.76. The van der Waals surface area contributed by atoms with Gasteiger partial charge in [0.1, 0.15) is 5.56 Å². The number of hydrogen-bond donors (Lipinski definition) is 0. The largest absolute Gasteiger partial charge is 0.383 e. The van der Waals surface area contributed by atoms with Crippen molar-refractivity contribution in [3.05, 3.63) is 33.2 Å². The molecule has 2 amide bonds. The maximum absolute atomic E-state index is 13.4. The molecule has 29 heavy (non-hydrogen) atoms. The molecule has 3 aliphatic heterocycles. The lowest BCUT2D eigenvalue weighted by Gasteiger charge is -2.52. The van der Waals surface area contributed by atoms with Crippen molar-refractivity contribution < 1.29 is 14.3 Å². The predicted octanol–water partition coefficient (Wildman–Crippen LogP) is 1.58. The molecule has 0 spiro atoms. The molecule has 4 rings (SSSR count). The fourth-order valence-corrected chi connectivity index (χ4v) is 5.58. The summed E-state index contributed by atoms with van der Waals surface area (Å²) in [4.78, 5) is 42.8. The zero-order valence-corrected chi connectivity index (χ0v) is 17.6. The zero-order valence-electron chi connectivity index (χ0n) is 17.6. The van der Waals surface area contributed by atoms with Gasteiger partial charge in [0.2, 0.25) is 5.91 Å². The molecule has 0 N–H and O–H groups in total. The van der Waals surface area contributed by atoms with Gasteiger partial charge in [0.05, 0.1) is 6.61 Å². The Labute approximate surface area is 171 Å². The van der Waals surface area contributed by atoms with Crippen molar-refractivity contribution in [3.8, 4) is 0 Å². The number of rotatable bonds is 4. The van der Waals surface area contributed by atoms with E-state index in [1.807, 2.05) is 24.8 Å². The lowest BCUT2D eigenvalue weighted by molar-refractivity contribution is -0.144. The Morgan fingerprint density at radius 2 is 2.00 bits per heavy atom. The number of fused-ring (bicyclic) bond motifs is 4. The third-order valence-electron chi connectivity index (χ3n) is 6.90.